The predicted octanol–water partition coefficient (Wildman–Crippen LogP) is 4.91. The molecule has 3 heterocycles. The van der Waals surface area contributed by atoms with Gasteiger partial charge < -0.3 is 9.78 Å². The van der Waals surface area contributed by atoms with Gasteiger partial charge in [0.15, 0.2) is 0 Å². The van der Waals surface area contributed by atoms with Crippen molar-refractivity contribution in [2.24, 2.45) is 0 Å². The van der Waals surface area contributed by atoms with Crippen LogP contribution in [0.2, 0.25) is 10.0 Å². The fourth-order valence-electron chi connectivity index (χ4n) is 4.36. The third kappa shape index (κ3) is 4.32. The van der Waals surface area contributed by atoms with E-state index in [-0.39, 0.29) is 6.04 Å². The number of aldehydes is 1. The van der Waals surface area contributed by atoms with E-state index >= 15 is 0 Å². The van der Waals surface area contributed by atoms with Gasteiger partial charge in [-0.1, -0.05) is 35.3 Å². The van der Waals surface area contributed by atoms with Gasteiger partial charge in [0.1, 0.15) is 6.29 Å². The third-order valence-corrected chi connectivity index (χ3v) is 6.51. The number of rotatable bonds is 5. The van der Waals surface area contributed by atoms with E-state index in [4.69, 9.17) is 23.2 Å². The Morgan fingerprint density at radius 1 is 1.06 bits per heavy atom. The first-order valence-corrected chi connectivity index (χ1v) is 11.1. The molecule has 1 atom stereocenters. The van der Waals surface area contributed by atoms with Crippen LogP contribution in [0.15, 0.2) is 54.7 Å². The van der Waals surface area contributed by atoms with Gasteiger partial charge in [-0.2, -0.15) is 0 Å². The van der Waals surface area contributed by atoms with Crippen molar-refractivity contribution in [2.75, 3.05) is 19.6 Å². The van der Waals surface area contributed by atoms with Crippen LogP contribution in [-0.4, -0.2) is 51.7 Å². The van der Waals surface area contributed by atoms with E-state index in [1.165, 1.54) is 0 Å². The van der Waals surface area contributed by atoms with Gasteiger partial charge in [-0.05, 0) is 42.0 Å². The monoisotopic (exact) mass is 452 g/mol. The van der Waals surface area contributed by atoms with Crippen molar-refractivity contribution in [1.82, 2.24) is 19.8 Å². The second kappa shape index (κ2) is 8.60. The number of nitrogens with zero attached hydrogens (tertiary/aromatic N) is 3. The quantitative estimate of drug-likeness (QED) is 0.437. The van der Waals surface area contributed by atoms with Crippen molar-refractivity contribution in [3.05, 3.63) is 76.0 Å². The Hall–Kier alpha value is -2.44. The second-order valence-electron chi connectivity index (χ2n) is 8.08. The Labute approximate surface area is 190 Å². The molecule has 7 heteroatoms. The summed E-state index contributed by atoms with van der Waals surface area (Å²) in [5.41, 5.74) is 4.23. The average Bonchev–Trinajstić information content (AvgIpc) is 3.16. The highest BCUT2D eigenvalue weighted by Gasteiger charge is 2.27. The van der Waals surface area contributed by atoms with Crippen LogP contribution in [0.5, 0.6) is 0 Å². The van der Waals surface area contributed by atoms with Gasteiger partial charge in [0.2, 0.25) is 0 Å². The number of hydrogen-bond donors (Lipinski definition) is 1. The maximum atomic E-state index is 11.9. The Balaban J connectivity index is 1.27. The van der Waals surface area contributed by atoms with E-state index in [1.807, 2.05) is 24.3 Å². The van der Waals surface area contributed by atoms with Crippen LogP contribution >= 0.6 is 23.2 Å². The zero-order valence-electron chi connectivity index (χ0n) is 16.9. The zero-order chi connectivity index (χ0) is 21.4. The smallest absolute Gasteiger partial charge is 0.138 e. The summed E-state index contributed by atoms with van der Waals surface area (Å²) in [6.07, 6.45) is 2.78. The maximum absolute atomic E-state index is 11.9. The number of aromatic amines is 1. The molecule has 0 bridgehead atoms. The van der Waals surface area contributed by atoms with E-state index < -0.39 is 0 Å². The molecular weight excluding hydrogens is 431 g/mol. The van der Waals surface area contributed by atoms with Crippen molar-refractivity contribution >= 4 is 51.3 Å². The molecule has 1 N–H and O–H groups in total. The Bertz CT molecular complexity index is 1260. The number of carbonyl (C=O) groups is 1. The Morgan fingerprint density at radius 2 is 1.97 bits per heavy atom. The van der Waals surface area contributed by atoms with E-state index in [0.717, 1.165) is 64.0 Å². The van der Waals surface area contributed by atoms with Gasteiger partial charge in [0.05, 0.1) is 16.6 Å². The number of halogens is 2. The number of fused-ring (bicyclic) bond motifs is 2. The topological polar surface area (TPSA) is 52.2 Å². The van der Waals surface area contributed by atoms with Crippen molar-refractivity contribution in [3.63, 3.8) is 0 Å². The SMILES string of the molecule is O=CC1CN(Cc2cc3cc(Cl)ccc3[nH]2)CCN1Cc1ccc2c(Cl)ccnc2c1. The van der Waals surface area contributed by atoms with Crippen molar-refractivity contribution in [1.29, 1.82) is 0 Å². The Morgan fingerprint density at radius 3 is 2.84 bits per heavy atom. The zero-order valence-corrected chi connectivity index (χ0v) is 18.4. The minimum Gasteiger partial charge on any atom is -0.357 e. The van der Waals surface area contributed by atoms with E-state index in [2.05, 4.69) is 38.0 Å². The maximum Gasteiger partial charge on any atom is 0.138 e. The average molecular weight is 453 g/mol. The first-order valence-electron chi connectivity index (χ1n) is 10.3. The number of H-pyrrole nitrogens is 1. The van der Waals surface area contributed by atoms with Crippen LogP contribution in [0.25, 0.3) is 21.8 Å². The van der Waals surface area contributed by atoms with E-state index in [1.54, 1.807) is 12.3 Å². The molecule has 0 aliphatic carbocycles. The lowest BCUT2D eigenvalue weighted by molar-refractivity contribution is -0.115. The summed E-state index contributed by atoms with van der Waals surface area (Å²) >= 11 is 12.4. The molecule has 0 saturated carbocycles. The molecule has 5 rings (SSSR count). The molecule has 0 spiro atoms. The fraction of sp³-hybridized carbons (Fsp3) is 0.250. The molecule has 4 aromatic rings. The summed E-state index contributed by atoms with van der Waals surface area (Å²) in [4.78, 5) is 24.3. The number of benzene rings is 2. The van der Waals surface area contributed by atoms with Crippen LogP contribution in [0.4, 0.5) is 0 Å². The van der Waals surface area contributed by atoms with Gasteiger partial charge in [0, 0.05) is 65.9 Å². The summed E-state index contributed by atoms with van der Waals surface area (Å²) < 4.78 is 0. The minimum absolute atomic E-state index is 0.143. The first kappa shape index (κ1) is 20.5. The first-order chi connectivity index (χ1) is 15.1. The highest BCUT2D eigenvalue weighted by molar-refractivity contribution is 6.35. The number of hydrogen-bond acceptors (Lipinski definition) is 4. The molecule has 1 fully saturated rings. The molecule has 5 nitrogen and oxygen atoms in total. The number of nitrogens with one attached hydrogen (secondary N) is 1. The van der Waals surface area contributed by atoms with Gasteiger partial charge in [-0.3, -0.25) is 14.8 Å². The fourth-order valence-corrected chi connectivity index (χ4v) is 4.75. The molecule has 1 unspecified atom stereocenters. The highest BCUT2D eigenvalue weighted by Crippen LogP contribution is 2.24. The van der Waals surface area contributed by atoms with Crippen LogP contribution in [0.1, 0.15) is 11.3 Å². The number of aromatic nitrogens is 2. The summed E-state index contributed by atoms with van der Waals surface area (Å²) in [5.74, 6) is 0. The second-order valence-corrected chi connectivity index (χ2v) is 8.92. The molecular formula is C24H22Cl2N4O. The Kier molecular flexibility index (Phi) is 5.67. The summed E-state index contributed by atoms with van der Waals surface area (Å²) in [5, 5.41) is 3.50. The lowest BCUT2D eigenvalue weighted by atomic mass is 10.1. The van der Waals surface area contributed by atoms with Gasteiger partial charge in [-0.25, -0.2) is 0 Å². The van der Waals surface area contributed by atoms with Crippen LogP contribution in [0.3, 0.4) is 0 Å². The molecule has 31 heavy (non-hydrogen) atoms. The largest absolute Gasteiger partial charge is 0.357 e. The van der Waals surface area contributed by atoms with Gasteiger partial charge >= 0.3 is 0 Å². The van der Waals surface area contributed by atoms with E-state index in [0.29, 0.717) is 18.1 Å². The van der Waals surface area contributed by atoms with Crippen molar-refractivity contribution < 1.29 is 4.79 Å². The molecule has 2 aromatic heterocycles. The third-order valence-electron chi connectivity index (χ3n) is 5.95. The van der Waals surface area contributed by atoms with E-state index in [9.17, 15) is 4.79 Å². The minimum atomic E-state index is -0.143. The number of piperazine rings is 1. The van der Waals surface area contributed by atoms with Crippen LogP contribution < -0.4 is 0 Å². The standard InChI is InChI=1S/C24H22Cl2N4O/c25-18-2-4-23-17(10-18)11-19(28-23)13-29-7-8-30(20(14-29)15-31)12-16-1-3-21-22(26)5-6-27-24(21)9-16/h1-6,9-11,15,20,28H,7-8,12-14H2. The molecule has 1 saturated heterocycles. The predicted molar refractivity (Wildman–Crippen MR) is 126 cm³/mol. The molecule has 1 aliphatic rings. The highest BCUT2D eigenvalue weighted by atomic mass is 35.5. The molecule has 0 amide bonds. The summed E-state index contributed by atoms with van der Waals surface area (Å²) in [7, 11) is 0. The summed E-state index contributed by atoms with van der Waals surface area (Å²) in [6.45, 7) is 3.93. The molecule has 0 radical (unpaired) electrons. The van der Waals surface area contributed by atoms with Crippen LogP contribution in [0, 0.1) is 0 Å². The normalized spacial score (nSPS) is 18.1. The van der Waals surface area contributed by atoms with Gasteiger partial charge in [0.25, 0.3) is 0 Å². The lowest BCUT2D eigenvalue weighted by Gasteiger charge is -2.38. The number of pyridine rings is 1. The van der Waals surface area contributed by atoms with Crippen LogP contribution in [-0.2, 0) is 17.9 Å². The molecule has 158 valence electrons. The molecule has 2 aromatic carbocycles. The van der Waals surface area contributed by atoms with Crippen molar-refractivity contribution in [2.45, 2.75) is 19.1 Å². The van der Waals surface area contributed by atoms with Crippen molar-refractivity contribution in [3.8, 4) is 0 Å². The molecule has 1 aliphatic heterocycles. The summed E-state index contributed by atoms with van der Waals surface area (Å²) in [6, 6.07) is 15.8. The van der Waals surface area contributed by atoms with Gasteiger partial charge in [-0.15, -0.1) is 0 Å². The number of carbonyl (C=O) groups excluding carboxylic acids is 1. The lowest BCUT2D eigenvalue weighted by Crippen LogP contribution is -2.53.